The second kappa shape index (κ2) is 6.75. The van der Waals surface area contributed by atoms with E-state index < -0.39 is 0 Å². The molecule has 0 bridgehead atoms. The van der Waals surface area contributed by atoms with Crippen LogP contribution in [0.25, 0.3) is 0 Å². The van der Waals surface area contributed by atoms with Crippen LogP contribution in [0.3, 0.4) is 0 Å². The van der Waals surface area contributed by atoms with E-state index >= 15 is 0 Å². The SMILES string of the molecule is CC(C)c1cccc(OCC(=O)N(C)C2CCNC2)c1. The molecular formula is C16H24N2O2. The smallest absolute Gasteiger partial charge is 0.260 e. The summed E-state index contributed by atoms with van der Waals surface area (Å²) < 4.78 is 5.63. The van der Waals surface area contributed by atoms with Crippen molar-refractivity contribution >= 4 is 5.91 Å². The van der Waals surface area contributed by atoms with Crippen LogP contribution in [-0.4, -0.2) is 43.6 Å². The molecule has 1 aliphatic rings. The highest BCUT2D eigenvalue weighted by Crippen LogP contribution is 2.20. The number of hydrogen-bond donors (Lipinski definition) is 1. The average Bonchev–Trinajstić information content (AvgIpc) is 2.98. The van der Waals surface area contributed by atoms with E-state index in [0.29, 0.717) is 12.0 Å². The lowest BCUT2D eigenvalue weighted by atomic mass is 10.0. The Morgan fingerprint density at radius 1 is 1.50 bits per heavy atom. The van der Waals surface area contributed by atoms with Crippen molar-refractivity contribution in [3.05, 3.63) is 29.8 Å². The van der Waals surface area contributed by atoms with Crippen molar-refractivity contribution < 1.29 is 9.53 Å². The zero-order valence-electron chi connectivity index (χ0n) is 12.6. The number of amides is 1. The molecule has 1 heterocycles. The first-order valence-corrected chi connectivity index (χ1v) is 7.27. The normalized spacial score (nSPS) is 18.3. The van der Waals surface area contributed by atoms with Gasteiger partial charge in [-0.25, -0.2) is 0 Å². The first-order valence-electron chi connectivity index (χ1n) is 7.27. The standard InChI is InChI=1S/C16H24N2O2/c1-12(2)13-5-4-6-15(9-13)20-11-16(19)18(3)14-7-8-17-10-14/h4-6,9,12,14,17H,7-8,10-11H2,1-3H3. The monoisotopic (exact) mass is 276 g/mol. The van der Waals surface area contributed by atoms with E-state index in [0.717, 1.165) is 25.3 Å². The van der Waals surface area contributed by atoms with E-state index in [1.807, 2.05) is 25.2 Å². The van der Waals surface area contributed by atoms with Gasteiger partial charge < -0.3 is 15.0 Å². The lowest BCUT2D eigenvalue weighted by molar-refractivity contribution is -0.133. The maximum atomic E-state index is 12.1. The highest BCUT2D eigenvalue weighted by Gasteiger charge is 2.23. The second-order valence-corrected chi connectivity index (χ2v) is 5.67. The maximum Gasteiger partial charge on any atom is 0.260 e. The molecule has 110 valence electrons. The molecule has 1 N–H and O–H groups in total. The molecule has 1 aromatic rings. The van der Waals surface area contributed by atoms with Gasteiger partial charge in [0.05, 0.1) is 0 Å². The second-order valence-electron chi connectivity index (χ2n) is 5.67. The topological polar surface area (TPSA) is 41.6 Å². The Hall–Kier alpha value is -1.55. The van der Waals surface area contributed by atoms with Crippen LogP contribution in [-0.2, 0) is 4.79 Å². The number of ether oxygens (including phenoxy) is 1. The van der Waals surface area contributed by atoms with Gasteiger partial charge in [-0.15, -0.1) is 0 Å². The number of likely N-dealkylation sites (N-methyl/N-ethyl adjacent to an activating group) is 1. The summed E-state index contributed by atoms with van der Waals surface area (Å²) in [6, 6.07) is 8.26. The average molecular weight is 276 g/mol. The third-order valence-electron chi connectivity index (χ3n) is 3.86. The first kappa shape index (κ1) is 14.9. The Morgan fingerprint density at radius 2 is 2.30 bits per heavy atom. The Balaban J connectivity index is 1.87. The highest BCUT2D eigenvalue weighted by atomic mass is 16.5. The lowest BCUT2D eigenvalue weighted by Crippen LogP contribution is -2.40. The van der Waals surface area contributed by atoms with Gasteiger partial charge in [0.25, 0.3) is 5.91 Å². The van der Waals surface area contributed by atoms with Crippen molar-refractivity contribution in [1.29, 1.82) is 0 Å². The number of hydrogen-bond acceptors (Lipinski definition) is 3. The van der Waals surface area contributed by atoms with Crippen LogP contribution in [0, 0.1) is 0 Å². The number of carbonyl (C=O) groups is 1. The number of rotatable bonds is 5. The molecule has 0 spiro atoms. The van der Waals surface area contributed by atoms with Crippen molar-refractivity contribution in [2.45, 2.75) is 32.2 Å². The number of nitrogens with one attached hydrogen (secondary N) is 1. The molecule has 1 amide bonds. The molecule has 0 radical (unpaired) electrons. The van der Waals surface area contributed by atoms with E-state index in [1.54, 1.807) is 4.90 Å². The summed E-state index contributed by atoms with van der Waals surface area (Å²) in [7, 11) is 1.86. The Kier molecular flexibility index (Phi) is 5.01. The van der Waals surface area contributed by atoms with Crippen LogP contribution in [0.15, 0.2) is 24.3 Å². The molecule has 1 aliphatic heterocycles. The van der Waals surface area contributed by atoms with Gasteiger partial charge in [-0.05, 0) is 36.6 Å². The van der Waals surface area contributed by atoms with Gasteiger partial charge >= 0.3 is 0 Å². The van der Waals surface area contributed by atoms with E-state index in [2.05, 4.69) is 25.2 Å². The van der Waals surface area contributed by atoms with Gasteiger partial charge in [0.15, 0.2) is 6.61 Å². The molecule has 20 heavy (non-hydrogen) atoms. The maximum absolute atomic E-state index is 12.1. The van der Waals surface area contributed by atoms with Crippen molar-refractivity contribution in [3.63, 3.8) is 0 Å². The van der Waals surface area contributed by atoms with E-state index in [4.69, 9.17) is 4.74 Å². The van der Waals surface area contributed by atoms with Crippen LogP contribution in [0.5, 0.6) is 5.75 Å². The van der Waals surface area contributed by atoms with Crippen LogP contribution in [0.1, 0.15) is 31.7 Å². The molecule has 1 fully saturated rings. The molecule has 0 aromatic heterocycles. The van der Waals surface area contributed by atoms with E-state index in [-0.39, 0.29) is 12.5 Å². The van der Waals surface area contributed by atoms with Crippen LogP contribution < -0.4 is 10.1 Å². The third-order valence-corrected chi connectivity index (χ3v) is 3.86. The summed E-state index contributed by atoms with van der Waals surface area (Å²) in [5, 5.41) is 3.27. The molecule has 1 atom stereocenters. The quantitative estimate of drug-likeness (QED) is 0.894. The van der Waals surface area contributed by atoms with E-state index in [1.165, 1.54) is 5.56 Å². The first-order chi connectivity index (χ1) is 9.58. The van der Waals surface area contributed by atoms with Gasteiger partial charge in [-0.3, -0.25) is 4.79 Å². The molecule has 4 nitrogen and oxygen atoms in total. The van der Waals surface area contributed by atoms with Crippen molar-refractivity contribution in [1.82, 2.24) is 10.2 Å². The molecule has 4 heteroatoms. The van der Waals surface area contributed by atoms with Crippen molar-refractivity contribution in [3.8, 4) is 5.75 Å². The van der Waals surface area contributed by atoms with Gasteiger partial charge in [0.2, 0.25) is 0 Å². The zero-order valence-corrected chi connectivity index (χ0v) is 12.6. The summed E-state index contributed by atoms with van der Waals surface area (Å²) >= 11 is 0. The minimum atomic E-state index is 0.0358. The lowest BCUT2D eigenvalue weighted by Gasteiger charge is -2.23. The fourth-order valence-electron chi connectivity index (χ4n) is 2.38. The Bertz CT molecular complexity index is 454. The fourth-order valence-corrected chi connectivity index (χ4v) is 2.38. The summed E-state index contributed by atoms with van der Waals surface area (Å²) in [5.74, 6) is 1.26. The van der Waals surface area contributed by atoms with Crippen molar-refractivity contribution in [2.24, 2.45) is 0 Å². The van der Waals surface area contributed by atoms with Gasteiger partial charge in [0.1, 0.15) is 5.75 Å². The van der Waals surface area contributed by atoms with Gasteiger partial charge in [-0.1, -0.05) is 26.0 Å². The number of carbonyl (C=O) groups excluding carboxylic acids is 1. The van der Waals surface area contributed by atoms with Gasteiger partial charge in [0, 0.05) is 19.6 Å². The summed E-state index contributed by atoms with van der Waals surface area (Å²) in [6.07, 6.45) is 1.02. The molecule has 2 rings (SSSR count). The van der Waals surface area contributed by atoms with Crippen LogP contribution in [0.2, 0.25) is 0 Å². The molecule has 1 aromatic carbocycles. The number of nitrogens with zero attached hydrogens (tertiary/aromatic N) is 1. The number of benzene rings is 1. The summed E-state index contributed by atoms with van der Waals surface area (Å²) in [5.41, 5.74) is 1.23. The molecule has 1 unspecified atom stereocenters. The highest BCUT2D eigenvalue weighted by molar-refractivity contribution is 5.77. The fraction of sp³-hybridized carbons (Fsp3) is 0.562. The van der Waals surface area contributed by atoms with Crippen LogP contribution >= 0.6 is 0 Å². The molecule has 0 saturated carbocycles. The zero-order chi connectivity index (χ0) is 14.5. The minimum Gasteiger partial charge on any atom is -0.484 e. The predicted octanol–water partition coefficient (Wildman–Crippen LogP) is 2.01. The van der Waals surface area contributed by atoms with Crippen LogP contribution in [0.4, 0.5) is 0 Å². The summed E-state index contributed by atoms with van der Waals surface area (Å²) in [4.78, 5) is 13.9. The predicted molar refractivity (Wildman–Crippen MR) is 80.1 cm³/mol. The molecular weight excluding hydrogens is 252 g/mol. The summed E-state index contributed by atoms with van der Waals surface area (Å²) in [6.45, 7) is 6.26. The van der Waals surface area contributed by atoms with E-state index in [9.17, 15) is 4.79 Å². The Labute approximate surface area is 121 Å². The molecule has 1 saturated heterocycles. The molecule has 0 aliphatic carbocycles. The largest absolute Gasteiger partial charge is 0.484 e. The van der Waals surface area contributed by atoms with Crippen molar-refractivity contribution in [2.75, 3.05) is 26.7 Å². The Morgan fingerprint density at radius 3 is 2.95 bits per heavy atom. The minimum absolute atomic E-state index is 0.0358. The third kappa shape index (κ3) is 3.73. The van der Waals surface area contributed by atoms with Gasteiger partial charge in [-0.2, -0.15) is 0 Å².